The molecule has 3 rings (SSSR count). The number of ether oxygens (including phenoxy) is 3. The lowest BCUT2D eigenvalue weighted by atomic mass is 10.2. The molecule has 3 aromatic rings. The number of aromatic carboxylic acids is 1. The molecule has 1 aromatic heterocycles. The lowest BCUT2D eigenvalue weighted by molar-refractivity contribution is -0.0174. The molecule has 0 aliphatic rings. The minimum atomic E-state index is -1.41. The highest BCUT2D eigenvalue weighted by Crippen LogP contribution is 2.29. The van der Waals surface area contributed by atoms with Gasteiger partial charge in [-0.3, -0.25) is 0 Å². The van der Waals surface area contributed by atoms with Crippen LogP contribution in [-0.4, -0.2) is 30.4 Å². The Labute approximate surface area is 187 Å². The van der Waals surface area contributed by atoms with E-state index < -0.39 is 23.5 Å². The molecule has 0 bridgehead atoms. The molecule has 8 heteroatoms. The van der Waals surface area contributed by atoms with Crippen LogP contribution in [-0.2, 0) is 22.7 Å². The predicted molar refractivity (Wildman–Crippen MR) is 116 cm³/mol. The van der Waals surface area contributed by atoms with Crippen molar-refractivity contribution in [2.45, 2.75) is 19.3 Å². The number of carboxylic acid groups (broad SMARTS) is 1. The summed E-state index contributed by atoms with van der Waals surface area (Å²) in [4.78, 5) is 23.1. The first-order valence-electron chi connectivity index (χ1n) is 9.50. The molecule has 0 aliphatic carbocycles. The second-order valence-corrected chi connectivity index (χ2v) is 7.47. The summed E-state index contributed by atoms with van der Waals surface area (Å²) in [5, 5.41) is 9.38. The molecular formula is C23H21BrO7. The molecule has 0 amide bonds. The number of hydrogen-bond acceptors (Lipinski definition) is 6. The molecule has 0 fully saturated rings. The third-order valence-corrected chi connectivity index (χ3v) is 4.77. The van der Waals surface area contributed by atoms with Crippen molar-refractivity contribution in [3.8, 4) is 5.75 Å². The van der Waals surface area contributed by atoms with Crippen molar-refractivity contribution in [1.29, 1.82) is 0 Å². The highest BCUT2D eigenvalue weighted by atomic mass is 79.9. The maximum atomic E-state index is 11.5. The zero-order chi connectivity index (χ0) is 22.1. The number of rotatable bonds is 11. The van der Waals surface area contributed by atoms with Gasteiger partial charge in [-0.15, -0.1) is 0 Å². The van der Waals surface area contributed by atoms with E-state index in [9.17, 15) is 14.7 Å². The van der Waals surface area contributed by atoms with Gasteiger partial charge >= 0.3 is 11.6 Å². The smallest absolute Gasteiger partial charge is 0.375 e. The minimum absolute atomic E-state index is 0.0938. The zero-order valence-electron chi connectivity index (χ0n) is 16.5. The van der Waals surface area contributed by atoms with Crippen LogP contribution in [0.5, 0.6) is 5.75 Å². The Morgan fingerprint density at radius 3 is 1.94 bits per heavy atom. The summed E-state index contributed by atoms with van der Waals surface area (Å²) in [6.07, 6.45) is -0.644. The van der Waals surface area contributed by atoms with E-state index in [4.69, 9.17) is 18.6 Å². The van der Waals surface area contributed by atoms with Crippen LogP contribution in [0.2, 0.25) is 0 Å². The van der Waals surface area contributed by atoms with E-state index in [1.165, 1.54) is 0 Å². The molecule has 1 heterocycles. The predicted octanol–water partition coefficient (Wildman–Crippen LogP) is 4.28. The van der Waals surface area contributed by atoms with E-state index in [0.717, 1.165) is 17.2 Å². The minimum Gasteiger partial charge on any atom is -0.480 e. The third-order valence-electron chi connectivity index (χ3n) is 4.18. The van der Waals surface area contributed by atoms with E-state index >= 15 is 0 Å². The van der Waals surface area contributed by atoms with Crippen LogP contribution in [0.4, 0.5) is 0 Å². The van der Waals surface area contributed by atoms with Gasteiger partial charge in [-0.25, -0.2) is 9.59 Å². The first-order chi connectivity index (χ1) is 15.0. The Kier molecular flexibility index (Phi) is 8.40. The molecular weight excluding hydrogens is 468 g/mol. The van der Waals surface area contributed by atoms with Crippen LogP contribution in [0.15, 0.2) is 80.4 Å². The summed E-state index contributed by atoms with van der Waals surface area (Å²) >= 11 is 3.17. The lowest BCUT2D eigenvalue weighted by Gasteiger charge is -2.20. The summed E-state index contributed by atoms with van der Waals surface area (Å²) < 4.78 is 22.4. The number of carbonyl (C=O) groups is 1. The first kappa shape index (κ1) is 22.7. The number of benzene rings is 2. The van der Waals surface area contributed by atoms with Crippen molar-refractivity contribution in [3.05, 3.63) is 98.5 Å². The summed E-state index contributed by atoms with van der Waals surface area (Å²) in [6, 6.07) is 20.3. The maximum absolute atomic E-state index is 11.5. The molecule has 162 valence electrons. The molecule has 0 unspecified atom stereocenters. The molecule has 31 heavy (non-hydrogen) atoms. The van der Waals surface area contributed by atoms with Gasteiger partial charge in [-0.2, -0.15) is 0 Å². The van der Waals surface area contributed by atoms with E-state index in [1.807, 2.05) is 60.7 Å². The van der Waals surface area contributed by atoms with Crippen molar-refractivity contribution < 1.29 is 28.5 Å². The van der Waals surface area contributed by atoms with Crippen LogP contribution in [0.25, 0.3) is 0 Å². The van der Waals surface area contributed by atoms with Gasteiger partial charge in [0.25, 0.3) is 5.76 Å². The standard InChI is InChI=1S/C23H21BrO7/c24-19-11-20(25)31-22(23(26)27)21(19)30-18(14-28-12-16-7-3-1-4-8-16)15-29-13-17-9-5-2-6-10-17/h1-11,18H,12-15H2,(H,26,27). The normalized spacial score (nSPS) is 10.9. The van der Waals surface area contributed by atoms with Crippen molar-refractivity contribution in [1.82, 2.24) is 0 Å². The van der Waals surface area contributed by atoms with E-state index in [2.05, 4.69) is 15.9 Å². The number of carboxylic acids is 1. The van der Waals surface area contributed by atoms with Crippen LogP contribution >= 0.6 is 15.9 Å². The van der Waals surface area contributed by atoms with Crippen LogP contribution < -0.4 is 10.4 Å². The first-order valence-corrected chi connectivity index (χ1v) is 10.3. The summed E-state index contributed by atoms with van der Waals surface area (Å²) in [7, 11) is 0. The fourth-order valence-corrected chi connectivity index (χ4v) is 3.21. The average Bonchev–Trinajstić information content (AvgIpc) is 2.76. The Balaban J connectivity index is 1.70. The topological polar surface area (TPSA) is 95.2 Å². The maximum Gasteiger partial charge on any atom is 0.375 e. The molecule has 7 nitrogen and oxygen atoms in total. The second kappa shape index (κ2) is 11.5. The van der Waals surface area contributed by atoms with Gasteiger partial charge in [-0.1, -0.05) is 60.7 Å². The zero-order valence-corrected chi connectivity index (χ0v) is 18.1. The van der Waals surface area contributed by atoms with Crippen LogP contribution in [0.1, 0.15) is 21.7 Å². The average molecular weight is 489 g/mol. The van der Waals surface area contributed by atoms with Crippen molar-refractivity contribution in [2.24, 2.45) is 0 Å². The van der Waals surface area contributed by atoms with Gasteiger partial charge in [0.2, 0.25) is 0 Å². The molecule has 0 aliphatic heterocycles. The van der Waals surface area contributed by atoms with Gasteiger partial charge in [0.05, 0.1) is 30.9 Å². The van der Waals surface area contributed by atoms with E-state index in [-0.39, 0.29) is 23.4 Å². The Morgan fingerprint density at radius 1 is 0.935 bits per heavy atom. The molecule has 1 N–H and O–H groups in total. The van der Waals surface area contributed by atoms with Gasteiger partial charge in [0, 0.05) is 6.07 Å². The highest BCUT2D eigenvalue weighted by molar-refractivity contribution is 9.10. The van der Waals surface area contributed by atoms with Crippen LogP contribution in [0, 0.1) is 0 Å². The summed E-state index contributed by atoms with van der Waals surface area (Å²) in [5.74, 6) is -2.10. The fraction of sp³-hybridized carbons (Fsp3) is 0.217. The third kappa shape index (κ3) is 7.06. The number of hydrogen-bond donors (Lipinski definition) is 1. The van der Waals surface area contributed by atoms with Gasteiger partial charge < -0.3 is 23.7 Å². The summed E-state index contributed by atoms with van der Waals surface area (Å²) in [6.45, 7) is 0.981. The van der Waals surface area contributed by atoms with Gasteiger partial charge in [-0.05, 0) is 27.1 Å². The molecule has 0 saturated heterocycles. The molecule has 0 atom stereocenters. The Bertz CT molecular complexity index is 989. The molecule has 0 spiro atoms. The second-order valence-electron chi connectivity index (χ2n) is 6.62. The van der Waals surface area contributed by atoms with Crippen LogP contribution in [0.3, 0.4) is 0 Å². The van der Waals surface area contributed by atoms with E-state index in [1.54, 1.807) is 0 Å². The number of halogens is 1. The van der Waals surface area contributed by atoms with Gasteiger partial charge in [0.1, 0.15) is 6.10 Å². The Hall–Kier alpha value is -2.94. The SMILES string of the molecule is O=C(O)c1oc(=O)cc(Br)c1OC(COCc1ccccc1)COCc1ccccc1. The lowest BCUT2D eigenvalue weighted by Crippen LogP contribution is -2.30. The fourth-order valence-electron chi connectivity index (χ4n) is 2.75. The Morgan fingerprint density at radius 2 is 1.45 bits per heavy atom. The molecule has 0 radical (unpaired) electrons. The largest absolute Gasteiger partial charge is 0.480 e. The van der Waals surface area contributed by atoms with Crippen molar-refractivity contribution >= 4 is 21.9 Å². The van der Waals surface area contributed by atoms with E-state index in [0.29, 0.717) is 13.2 Å². The quantitative estimate of drug-likeness (QED) is 0.430. The van der Waals surface area contributed by atoms with Crippen molar-refractivity contribution in [3.63, 3.8) is 0 Å². The summed E-state index contributed by atoms with van der Waals surface area (Å²) in [5.41, 5.74) is 1.18. The highest BCUT2D eigenvalue weighted by Gasteiger charge is 2.23. The van der Waals surface area contributed by atoms with Crippen molar-refractivity contribution in [2.75, 3.05) is 13.2 Å². The van der Waals surface area contributed by atoms with Gasteiger partial charge in [0.15, 0.2) is 5.75 Å². The monoisotopic (exact) mass is 488 g/mol. The molecule has 2 aromatic carbocycles. The molecule has 0 saturated carbocycles.